The van der Waals surface area contributed by atoms with E-state index in [9.17, 15) is 0 Å². The first-order valence-electron chi connectivity index (χ1n) is 8.82. The molecular formula is C17H30N4. The van der Waals surface area contributed by atoms with Crippen molar-refractivity contribution >= 4 is 5.95 Å². The number of aryl methyl sites for hydroxylation is 1. The Kier molecular flexibility index (Phi) is 4.84. The van der Waals surface area contributed by atoms with Crippen molar-refractivity contribution in [3.05, 3.63) is 11.9 Å². The van der Waals surface area contributed by atoms with Gasteiger partial charge in [-0.3, -0.25) is 0 Å². The molecule has 4 nitrogen and oxygen atoms in total. The summed E-state index contributed by atoms with van der Waals surface area (Å²) in [6.07, 6.45) is 12.8. The van der Waals surface area contributed by atoms with Crippen molar-refractivity contribution in [1.82, 2.24) is 14.9 Å². The minimum Gasteiger partial charge on any atom is -0.338 e. The SMILES string of the molecule is CCc1cn(C2CCCCC2)c(N2CCCC2CNC)n1. The van der Waals surface area contributed by atoms with E-state index in [4.69, 9.17) is 4.98 Å². The van der Waals surface area contributed by atoms with Crippen molar-refractivity contribution in [2.45, 2.75) is 70.4 Å². The van der Waals surface area contributed by atoms with E-state index in [0.29, 0.717) is 12.1 Å². The molecule has 0 spiro atoms. The van der Waals surface area contributed by atoms with Crippen LogP contribution in [-0.2, 0) is 6.42 Å². The Morgan fingerprint density at radius 2 is 2.00 bits per heavy atom. The van der Waals surface area contributed by atoms with Crippen LogP contribution in [0.3, 0.4) is 0 Å². The van der Waals surface area contributed by atoms with Gasteiger partial charge in [-0.05, 0) is 39.2 Å². The molecule has 1 unspecified atom stereocenters. The first-order valence-corrected chi connectivity index (χ1v) is 8.82. The largest absolute Gasteiger partial charge is 0.338 e. The smallest absolute Gasteiger partial charge is 0.206 e. The number of nitrogens with zero attached hydrogens (tertiary/aromatic N) is 3. The van der Waals surface area contributed by atoms with Crippen LogP contribution in [0.4, 0.5) is 5.95 Å². The third-order valence-electron chi connectivity index (χ3n) is 5.17. The first-order chi connectivity index (χ1) is 10.3. The zero-order chi connectivity index (χ0) is 14.7. The number of imidazole rings is 1. The number of hydrogen-bond acceptors (Lipinski definition) is 3. The van der Waals surface area contributed by atoms with Gasteiger partial charge in [-0.2, -0.15) is 0 Å². The van der Waals surface area contributed by atoms with Crippen molar-refractivity contribution in [1.29, 1.82) is 0 Å². The number of aromatic nitrogens is 2. The number of anilines is 1. The van der Waals surface area contributed by atoms with Crippen molar-refractivity contribution in [2.75, 3.05) is 25.0 Å². The summed E-state index contributed by atoms with van der Waals surface area (Å²) < 4.78 is 2.52. The van der Waals surface area contributed by atoms with Crippen LogP contribution in [0.1, 0.15) is 63.6 Å². The Morgan fingerprint density at radius 3 is 2.71 bits per heavy atom. The molecule has 21 heavy (non-hydrogen) atoms. The van der Waals surface area contributed by atoms with Crippen LogP contribution in [0.2, 0.25) is 0 Å². The highest BCUT2D eigenvalue weighted by atomic mass is 15.3. The van der Waals surface area contributed by atoms with Gasteiger partial charge in [-0.15, -0.1) is 0 Å². The van der Waals surface area contributed by atoms with E-state index in [-0.39, 0.29) is 0 Å². The molecule has 3 rings (SSSR count). The molecule has 0 radical (unpaired) electrons. The van der Waals surface area contributed by atoms with Gasteiger partial charge in [0, 0.05) is 31.4 Å². The lowest BCUT2D eigenvalue weighted by atomic mass is 9.95. The maximum absolute atomic E-state index is 4.98. The predicted molar refractivity (Wildman–Crippen MR) is 88.0 cm³/mol. The fraction of sp³-hybridized carbons (Fsp3) is 0.824. The molecule has 1 aromatic rings. The van der Waals surface area contributed by atoms with Crippen molar-refractivity contribution in [2.24, 2.45) is 0 Å². The average molecular weight is 290 g/mol. The summed E-state index contributed by atoms with van der Waals surface area (Å²) in [6.45, 7) is 4.45. The first kappa shape index (κ1) is 14.9. The molecule has 1 aromatic heterocycles. The average Bonchev–Trinajstić information content (AvgIpc) is 3.14. The lowest BCUT2D eigenvalue weighted by molar-refractivity contribution is 0.352. The third-order valence-corrected chi connectivity index (χ3v) is 5.17. The van der Waals surface area contributed by atoms with Crippen LogP contribution in [0.5, 0.6) is 0 Å². The van der Waals surface area contributed by atoms with Gasteiger partial charge >= 0.3 is 0 Å². The molecule has 0 amide bonds. The van der Waals surface area contributed by atoms with Crippen molar-refractivity contribution in [3.8, 4) is 0 Å². The lowest BCUT2D eigenvalue weighted by Crippen LogP contribution is -2.38. The van der Waals surface area contributed by atoms with E-state index in [1.165, 1.54) is 63.1 Å². The normalized spacial score (nSPS) is 23.9. The van der Waals surface area contributed by atoms with Gasteiger partial charge in [0.15, 0.2) is 0 Å². The Labute approximate surface area is 128 Å². The van der Waals surface area contributed by atoms with E-state index in [0.717, 1.165) is 13.0 Å². The van der Waals surface area contributed by atoms with Gasteiger partial charge in [0.25, 0.3) is 0 Å². The Morgan fingerprint density at radius 1 is 1.19 bits per heavy atom. The number of likely N-dealkylation sites (N-methyl/N-ethyl adjacent to an activating group) is 1. The molecule has 1 saturated carbocycles. The maximum Gasteiger partial charge on any atom is 0.206 e. The quantitative estimate of drug-likeness (QED) is 0.904. The zero-order valence-corrected chi connectivity index (χ0v) is 13.6. The summed E-state index contributed by atoms with van der Waals surface area (Å²) in [7, 11) is 2.06. The number of nitrogens with one attached hydrogen (secondary N) is 1. The summed E-state index contributed by atoms with van der Waals surface area (Å²) >= 11 is 0. The minimum absolute atomic E-state index is 0.615. The van der Waals surface area contributed by atoms with Crippen LogP contribution in [0.15, 0.2) is 6.20 Å². The minimum atomic E-state index is 0.615. The van der Waals surface area contributed by atoms with Crippen LogP contribution in [0, 0.1) is 0 Å². The molecule has 0 bridgehead atoms. The monoisotopic (exact) mass is 290 g/mol. The second-order valence-electron chi connectivity index (χ2n) is 6.63. The Balaban J connectivity index is 1.87. The van der Waals surface area contributed by atoms with Crippen molar-refractivity contribution in [3.63, 3.8) is 0 Å². The number of hydrogen-bond donors (Lipinski definition) is 1. The molecule has 1 atom stereocenters. The summed E-state index contributed by atoms with van der Waals surface area (Å²) in [6, 6.07) is 1.29. The summed E-state index contributed by atoms with van der Waals surface area (Å²) in [5, 5.41) is 3.35. The van der Waals surface area contributed by atoms with Gasteiger partial charge in [0.2, 0.25) is 5.95 Å². The van der Waals surface area contributed by atoms with E-state index in [1.54, 1.807) is 0 Å². The van der Waals surface area contributed by atoms with Crippen molar-refractivity contribution < 1.29 is 0 Å². The molecular weight excluding hydrogens is 260 g/mol. The second-order valence-corrected chi connectivity index (χ2v) is 6.63. The van der Waals surface area contributed by atoms with Gasteiger partial charge in [0.1, 0.15) is 0 Å². The van der Waals surface area contributed by atoms with Crippen LogP contribution < -0.4 is 10.2 Å². The van der Waals surface area contributed by atoms with E-state index in [2.05, 4.69) is 35.0 Å². The van der Waals surface area contributed by atoms with Crippen LogP contribution in [-0.4, -0.2) is 35.7 Å². The molecule has 1 saturated heterocycles. The third kappa shape index (κ3) is 3.10. The zero-order valence-electron chi connectivity index (χ0n) is 13.6. The topological polar surface area (TPSA) is 33.1 Å². The van der Waals surface area contributed by atoms with Gasteiger partial charge < -0.3 is 14.8 Å². The van der Waals surface area contributed by atoms with E-state index in [1.807, 2.05) is 0 Å². The fourth-order valence-corrected chi connectivity index (χ4v) is 3.99. The van der Waals surface area contributed by atoms with Gasteiger partial charge in [0.05, 0.1) is 5.69 Å². The summed E-state index contributed by atoms with van der Waals surface area (Å²) in [4.78, 5) is 7.54. The second kappa shape index (κ2) is 6.82. The molecule has 1 N–H and O–H groups in total. The summed E-state index contributed by atoms with van der Waals surface area (Å²) in [5.74, 6) is 1.25. The lowest BCUT2D eigenvalue weighted by Gasteiger charge is -2.30. The number of rotatable bonds is 5. The summed E-state index contributed by atoms with van der Waals surface area (Å²) in [5.41, 5.74) is 1.26. The highest BCUT2D eigenvalue weighted by Crippen LogP contribution is 2.34. The Bertz CT molecular complexity index is 448. The highest BCUT2D eigenvalue weighted by molar-refractivity contribution is 5.38. The molecule has 1 aliphatic heterocycles. The van der Waals surface area contributed by atoms with Gasteiger partial charge in [-0.1, -0.05) is 26.2 Å². The van der Waals surface area contributed by atoms with Crippen LogP contribution >= 0.6 is 0 Å². The molecule has 0 aromatic carbocycles. The van der Waals surface area contributed by atoms with E-state index >= 15 is 0 Å². The molecule has 1 aliphatic carbocycles. The van der Waals surface area contributed by atoms with E-state index < -0.39 is 0 Å². The fourth-order valence-electron chi connectivity index (χ4n) is 3.99. The Hall–Kier alpha value is -1.03. The van der Waals surface area contributed by atoms with Crippen LogP contribution in [0.25, 0.3) is 0 Å². The van der Waals surface area contributed by atoms with Gasteiger partial charge in [-0.25, -0.2) is 4.98 Å². The molecule has 118 valence electrons. The highest BCUT2D eigenvalue weighted by Gasteiger charge is 2.29. The molecule has 2 aliphatic rings. The molecule has 4 heteroatoms. The standard InChI is InChI=1S/C17H30N4/c1-3-14-13-21(15-8-5-4-6-9-15)17(19-14)20-11-7-10-16(20)12-18-2/h13,15-16,18H,3-12H2,1-2H3. The maximum atomic E-state index is 4.98. The molecule has 2 fully saturated rings. The predicted octanol–water partition coefficient (Wildman–Crippen LogP) is 3.14. The molecule has 2 heterocycles.